The van der Waals surface area contributed by atoms with Gasteiger partial charge in [0, 0.05) is 16.5 Å². The van der Waals surface area contributed by atoms with Crippen molar-refractivity contribution in [3.63, 3.8) is 0 Å². The van der Waals surface area contributed by atoms with Gasteiger partial charge in [-0.1, -0.05) is 11.6 Å². The molecule has 0 unspecified atom stereocenters. The second kappa shape index (κ2) is 4.72. The van der Waals surface area contributed by atoms with Crippen molar-refractivity contribution in [3.8, 4) is 0 Å². The van der Waals surface area contributed by atoms with E-state index in [1.54, 1.807) is 0 Å². The molecule has 0 saturated heterocycles. The summed E-state index contributed by atoms with van der Waals surface area (Å²) in [5.41, 5.74) is 0.458. The molecule has 0 radical (unpaired) electrons. The van der Waals surface area contributed by atoms with Gasteiger partial charge in [-0.2, -0.15) is 0 Å². The second-order valence-electron chi connectivity index (χ2n) is 2.53. The fraction of sp³-hybridized carbons (Fsp3) is 0.222. The lowest BCUT2D eigenvalue weighted by atomic mass is 10.1. The van der Waals surface area contributed by atoms with Gasteiger partial charge in [0.05, 0.1) is 5.02 Å². The van der Waals surface area contributed by atoms with E-state index in [0.717, 1.165) is 6.29 Å². The summed E-state index contributed by atoms with van der Waals surface area (Å²) < 4.78 is 13.7. The van der Waals surface area contributed by atoms with Crippen molar-refractivity contribution in [1.82, 2.24) is 0 Å². The van der Waals surface area contributed by atoms with Crippen molar-refractivity contribution in [2.75, 3.05) is 0 Å². The lowest BCUT2D eigenvalue weighted by molar-refractivity contribution is -0.107. The first-order valence-electron chi connectivity index (χ1n) is 3.73. The van der Waals surface area contributed by atoms with Gasteiger partial charge in [-0.05, 0) is 34.5 Å². The molecule has 70 valence electrons. The van der Waals surface area contributed by atoms with Crippen LogP contribution in [0.15, 0.2) is 16.6 Å². The zero-order valence-electron chi connectivity index (χ0n) is 6.69. The molecule has 0 amide bonds. The SMILES string of the molecule is O=CCCc1c(F)ccc(Cl)c1Br. The molecule has 0 aliphatic heterocycles. The van der Waals surface area contributed by atoms with Gasteiger partial charge in [0.2, 0.25) is 0 Å². The monoisotopic (exact) mass is 264 g/mol. The molecule has 4 heteroatoms. The van der Waals surface area contributed by atoms with Crippen molar-refractivity contribution < 1.29 is 9.18 Å². The molecule has 1 rings (SSSR count). The Morgan fingerprint density at radius 1 is 1.54 bits per heavy atom. The predicted molar refractivity (Wildman–Crippen MR) is 53.5 cm³/mol. The highest BCUT2D eigenvalue weighted by Gasteiger charge is 2.09. The maximum absolute atomic E-state index is 13.1. The largest absolute Gasteiger partial charge is 0.303 e. The molecule has 13 heavy (non-hydrogen) atoms. The van der Waals surface area contributed by atoms with Crippen LogP contribution in [0.5, 0.6) is 0 Å². The highest BCUT2D eigenvalue weighted by atomic mass is 79.9. The van der Waals surface area contributed by atoms with Gasteiger partial charge in [0.25, 0.3) is 0 Å². The average molecular weight is 266 g/mol. The summed E-state index contributed by atoms with van der Waals surface area (Å²) in [4.78, 5) is 10.1. The minimum Gasteiger partial charge on any atom is -0.303 e. The molecule has 0 aromatic heterocycles. The van der Waals surface area contributed by atoms with Gasteiger partial charge in [-0.25, -0.2) is 4.39 Å². The standard InChI is InChI=1S/C9H7BrClFO/c10-9-6(2-1-5-13)8(12)4-3-7(9)11/h3-5H,1-2H2. The Bertz CT molecular complexity index is 328. The summed E-state index contributed by atoms with van der Waals surface area (Å²) >= 11 is 8.94. The van der Waals surface area contributed by atoms with Crippen LogP contribution in [-0.2, 0) is 11.2 Å². The van der Waals surface area contributed by atoms with E-state index in [2.05, 4.69) is 15.9 Å². The van der Waals surface area contributed by atoms with Crippen LogP contribution in [-0.4, -0.2) is 6.29 Å². The van der Waals surface area contributed by atoms with Crippen LogP contribution < -0.4 is 0 Å². The van der Waals surface area contributed by atoms with Gasteiger partial charge < -0.3 is 4.79 Å². The minimum atomic E-state index is -0.335. The van der Waals surface area contributed by atoms with Gasteiger partial charge in [-0.3, -0.25) is 0 Å². The van der Waals surface area contributed by atoms with Crippen LogP contribution in [0.1, 0.15) is 12.0 Å². The van der Waals surface area contributed by atoms with Crippen LogP contribution in [0.2, 0.25) is 5.02 Å². The molecular formula is C9H7BrClFO. The first kappa shape index (κ1) is 10.7. The summed E-state index contributed by atoms with van der Waals surface area (Å²) in [5.74, 6) is -0.335. The van der Waals surface area contributed by atoms with Crippen LogP contribution >= 0.6 is 27.5 Å². The van der Waals surface area contributed by atoms with Crippen LogP contribution in [0.4, 0.5) is 4.39 Å². The van der Waals surface area contributed by atoms with Crippen molar-refractivity contribution in [2.24, 2.45) is 0 Å². The summed E-state index contributed by atoms with van der Waals surface area (Å²) in [6.45, 7) is 0. The van der Waals surface area contributed by atoms with Crippen LogP contribution in [0.25, 0.3) is 0 Å². The lowest BCUT2D eigenvalue weighted by Crippen LogP contribution is -1.93. The normalized spacial score (nSPS) is 10.1. The van der Waals surface area contributed by atoms with Crippen molar-refractivity contribution in [3.05, 3.63) is 33.0 Å². The molecule has 0 aliphatic rings. The zero-order chi connectivity index (χ0) is 9.84. The Balaban J connectivity index is 3.02. The quantitative estimate of drug-likeness (QED) is 0.605. The van der Waals surface area contributed by atoms with E-state index in [-0.39, 0.29) is 5.82 Å². The summed E-state index contributed by atoms with van der Waals surface area (Å²) in [6, 6.07) is 2.78. The molecule has 1 aromatic rings. The summed E-state index contributed by atoms with van der Waals surface area (Å²) in [5, 5.41) is 0.460. The first-order chi connectivity index (χ1) is 6.16. The number of carbonyl (C=O) groups is 1. The maximum Gasteiger partial charge on any atom is 0.127 e. The maximum atomic E-state index is 13.1. The Kier molecular flexibility index (Phi) is 3.88. The highest BCUT2D eigenvalue weighted by molar-refractivity contribution is 9.10. The van der Waals surface area contributed by atoms with Crippen molar-refractivity contribution in [2.45, 2.75) is 12.8 Å². The molecule has 0 spiro atoms. The molecule has 1 aromatic carbocycles. The first-order valence-corrected chi connectivity index (χ1v) is 4.90. The van der Waals surface area contributed by atoms with Crippen molar-refractivity contribution >= 4 is 33.8 Å². The fourth-order valence-electron chi connectivity index (χ4n) is 1.00. The number of halogens is 3. The molecule has 0 bridgehead atoms. The fourth-order valence-corrected chi connectivity index (χ4v) is 1.70. The third-order valence-electron chi connectivity index (χ3n) is 1.65. The molecule has 0 atom stereocenters. The lowest BCUT2D eigenvalue weighted by Gasteiger charge is -2.05. The van der Waals surface area contributed by atoms with E-state index in [9.17, 15) is 9.18 Å². The summed E-state index contributed by atoms with van der Waals surface area (Å²) in [7, 11) is 0. The third kappa shape index (κ3) is 2.51. The van der Waals surface area contributed by atoms with E-state index in [1.165, 1.54) is 12.1 Å². The van der Waals surface area contributed by atoms with Crippen LogP contribution in [0, 0.1) is 5.82 Å². The van der Waals surface area contributed by atoms with Crippen LogP contribution in [0.3, 0.4) is 0 Å². The number of benzene rings is 1. The van der Waals surface area contributed by atoms with Gasteiger partial charge in [0.1, 0.15) is 12.1 Å². The third-order valence-corrected chi connectivity index (χ3v) is 3.10. The van der Waals surface area contributed by atoms with Gasteiger partial charge in [0.15, 0.2) is 0 Å². The Morgan fingerprint density at radius 3 is 2.85 bits per heavy atom. The second-order valence-corrected chi connectivity index (χ2v) is 3.73. The zero-order valence-corrected chi connectivity index (χ0v) is 9.03. The summed E-state index contributed by atoms with van der Waals surface area (Å²) in [6.07, 6.45) is 1.43. The Labute approximate surface area is 89.0 Å². The molecule has 0 aliphatic carbocycles. The number of carbonyl (C=O) groups excluding carboxylic acids is 1. The highest BCUT2D eigenvalue weighted by Crippen LogP contribution is 2.28. The molecule has 0 N–H and O–H groups in total. The topological polar surface area (TPSA) is 17.1 Å². The molecular weight excluding hydrogens is 258 g/mol. The Morgan fingerprint density at radius 2 is 2.23 bits per heavy atom. The average Bonchev–Trinajstić information content (AvgIpc) is 2.12. The van der Waals surface area contributed by atoms with E-state index in [4.69, 9.17) is 11.6 Å². The van der Waals surface area contributed by atoms with E-state index in [1.807, 2.05) is 0 Å². The van der Waals surface area contributed by atoms with E-state index >= 15 is 0 Å². The van der Waals surface area contributed by atoms with Crippen molar-refractivity contribution in [1.29, 1.82) is 0 Å². The number of hydrogen-bond donors (Lipinski definition) is 0. The molecule has 0 saturated carbocycles. The Hall–Kier alpha value is -0.410. The van der Waals surface area contributed by atoms with Gasteiger partial charge in [-0.15, -0.1) is 0 Å². The smallest absolute Gasteiger partial charge is 0.127 e. The molecule has 0 fully saturated rings. The molecule has 1 nitrogen and oxygen atoms in total. The molecule has 0 heterocycles. The van der Waals surface area contributed by atoms with E-state index < -0.39 is 0 Å². The predicted octanol–water partition coefficient (Wildman–Crippen LogP) is 3.37. The number of rotatable bonds is 3. The number of aldehydes is 1. The van der Waals surface area contributed by atoms with E-state index in [0.29, 0.717) is 27.9 Å². The van der Waals surface area contributed by atoms with Gasteiger partial charge >= 0.3 is 0 Å². The number of hydrogen-bond acceptors (Lipinski definition) is 1. The minimum absolute atomic E-state index is 0.301.